The standard InChI is InChI=1S/C19H15N5O/c25-18(11-14-7-8-15-4-1-2-5-16(15)10-14)23-17-6-3-9-21-19(17)24-13-20-12-22-24/h1-10,12-13H,11H2,(H,23,25). The molecule has 6 heteroatoms. The van der Waals surface area contributed by atoms with Crippen molar-refractivity contribution in [2.75, 3.05) is 5.32 Å². The molecular weight excluding hydrogens is 314 g/mol. The summed E-state index contributed by atoms with van der Waals surface area (Å²) in [5, 5.41) is 9.25. The Labute approximate surface area is 144 Å². The smallest absolute Gasteiger partial charge is 0.228 e. The number of benzene rings is 2. The summed E-state index contributed by atoms with van der Waals surface area (Å²) in [5.74, 6) is 0.427. The van der Waals surface area contributed by atoms with Gasteiger partial charge < -0.3 is 5.32 Å². The highest BCUT2D eigenvalue weighted by atomic mass is 16.1. The van der Waals surface area contributed by atoms with Gasteiger partial charge in [0.15, 0.2) is 5.82 Å². The van der Waals surface area contributed by atoms with Crippen LogP contribution >= 0.6 is 0 Å². The van der Waals surface area contributed by atoms with Crippen molar-refractivity contribution in [2.24, 2.45) is 0 Å². The van der Waals surface area contributed by atoms with E-state index in [1.165, 1.54) is 11.0 Å². The maximum atomic E-state index is 12.5. The number of carbonyl (C=O) groups excluding carboxylic acids is 1. The molecule has 6 nitrogen and oxygen atoms in total. The van der Waals surface area contributed by atoms with Crippen LogP contribution in [-0.4, -0.2) is 25.7 Å². The zero-order valence-electron chi connectivity index (χ0n) is 13.3. The first-order valence-corrected chi connectivity index (χ1v) is 7.87. The number of pyridine rings is 1. The molecule has 4 rings (SSSR count). The molecule has 0 saturated carbocycles. The summed E-state index contributed by atoms with van der Waals surface area (Å²) in [5.41, 5.74) is 1.56. The highest BCUT2D eigenvalue weighted by molar-refractivity contribution is 5.94. The van der Waals surface area contributed by atoms with Crippen molar-refractivity contribution in [2.45, 2.75) is 6.42 Å². The summed E-state index contributed by atoms with van der Waals surface area (Å²) in [7, 11) is 0. The van der Waals surface area contributed by atoms with E-state index in [9.17, 15) is 4.79 Å². The van der Waals surface area contributed by atoms with Crippen molar-refractivity contribution < 1.29 is 4.79 Å². The average molecular weight is 329 g/mol. The number of amides is 1. The van der Waals surface area contributed by atoms with E-state index < -0.39 is 0 Å². The normalized spacial score (nSPS) is 10.7. The Kier molecular flexibility index (Phi) is 3.92. The fraction of sp³-hybridized carbons (Fsp3) is 0.0526. The van der Waals surface area contributed by atoms with Gasteiger partial charge in [0, 0.05) is 6.20 Å². The third-order valence-electron chi connectivity index (χ3n) is 3.88. The second-order valence-electron chi connectivity index (χ2n) is 5.62. The molecule has 0 aliphatic rings. The quantitative estimate of drug-likeness (QED) is 0.625. The van der Waals surface area contributed by atoms with Gasteiger partial charge in [0.05, 0.1) is 12.1 Å². The van der Waals surface area contributed by atoms with Crippen molar-refractivity contribution in [1.29, 1.82) is 0 Å². The average Bonchev–Trinajstić information content (AvgIpc) is 3.16. The zero-order valence-corrected chi connectivity index (χ0v) is 13.3. The molecule has 0 fully saturated rings. The highest BCUT2D eigenvalue weighted by Gasteiger charge is 2.10. The number of nitrogens with one attached hydrogen (secondary N) is 1. The van der Waals surface area contributed by atoms with Crippen molar-refractivity contribution in [1.82, 2.24) is 19.7 Å². The molecule has 0 saturated heterocycles. The summed E-state index contributed by atoms with van der Waals surface area (Å²) in [6, 6.07) is 17.7. The summed E-state index contributed by atoms with van der Waals surface area (Å²) in [4.78, 5) is 20.6. The molecule has 0 bridgehead atoms. The van der Waals surface area contributed by atoms with Crippen LogP contribution in [0.5, 0.6) is 0 Å². The number of carbonyl (C=O) groups is 1. The molecule has 2 heterocycles. The Bertz CT molecular complexity index is 1030. The van der Waals surface area contributed by atoms with E-state index in [4.69, 9.17) is 0 Å². The second-order valence-corrected chi connectivity index (χ2v) is 5.62. The molecule has 2 aromatic carbocycles. The Balaban J connectivity index is 1.54. The van der Waals surface area contributed by atoms with Crippen LogP contribution < -0.4 is 5.32 Å². The molecule has 122 valence electrons. The van der Waals surface area contributed by atoms with Gasteiger partial charge >= 0.3 is 0 Å². The number of fused-ring (bicyclic) bond motifs is 1. The first-order chi connectivity index (χ1) is 12.3. The topological polar surface area (TPSA) is 72.7 Å². The lowest BCUT2D eigenvalue weighted by atomic mass is 10.0. The van der Waals surface area contributed by atoms with Crippen molar-refractivity contribution in [3.8, 4) is 5.82 Å². The molecule has 0 unspecified atom stereocenters. The van der Waals surface area contributed by atoms with Gasteiger partial charge in [-0.3, -0.25) is 4.79 Å². The van der Waals surface area contributed by atoms with Crippen LogP contribution in [0.15, 0.2) is 73.4 Å². The zero-order chi connectivity index (χ0) is 17.1. The van der Waals surface area contributed by atoms with Gasteiger partial charge in [-0.05, 0) is 28.5 Å². The lowest BCUT2D eigenvalue weighted by Crippen LogP contribution is -2.16. The molecule has 0 radical (unpaired) electrons. The maximum absolute atomic E-state index is 12.5. The van der Waals surface area contributed by atoms with Crippen LogP contribution in [0.1, 0.15) is 5.56 Å². The van der Waals surface area contributed by atoms with Crippen molar-refractivity contribution >= 4 is 22.4 Å². The van der Waals surface area contributed by atoms with Crippen LogP contribution in [-0.2, 0) is 11.2 Å². The highest BCUT2D eigenvalue weighted by Crippen LogP contribution is 2.18. The minimum absolute atomic E-state index is 0.107. The molecular formula is C19H15N5O. The van der Waals surface area contributed by atoms with Gasteiger partial charge in [0.25, 0.3) is 0 Å². The second kappa shape index (κ2) is 6.52. The Morgan fingerprint density at radius 3 is 2.76 bits per heavy atom. The van der Waals surface area contributed by atoms with Gasteiger partial charge in [0.1, 0.15) is 12.7 Å². The van der Waals surface area contributed by atoms with Gasteiger partial charge in [-0.1, -0.05) is 42.5 Å². The largest absolute Gasteiger partial charge is 0.323 e. The van der Waals surface area contributed by atoms with E-state index in [0.717, 1.165) is 16.3 Å². The number of rotatable bonds is 4. The van der Waals surface area contributed by atoms with E-state index in [2.05, 4.69) is 26.4 Å². The van der Waals surface area contributed by atoms with E-state index in [-0.39, 0.29) is 12.3 Å². The SMILES string of the molecule is O=C(Cc1ccc2ccccc2c1)Nc1cccnc1-n1cncn1. The molecule has 2 aromatic heterocycles. The molecule has 0 aliphatic carbocycles. The van der Waals surface area contributed by atoms with E-state index >= 15 is 0 Å². The van der Waals surface area contributed by atoms with Crippen molar-refractivity contribution in [3.63, 3.8) is 0 Å². The van der Waals surface area contributed by atoms with Crippen LogP contribution in [0, 0.1) is 0 Å². The van der Waals surface area contributed by atoms with E-state index in [1.807, 2.05) is 36.4 Å². The lowest BCUT2D eigenvalue weighted by molar-refractivity contribution is -0.115. The summed E-state index contributed by atoms with van der Waals surface area (Å²) >= 11 is 0. The van der Waals surface area contributed by atoms with Crippen molar-refractivity contribution in [3.05, 3.63) is 79.0 Å². The van der Waals surface area contributed by atoms with Crippen LogP contribution in [0.2, 0.25) is 0 Å². The predicted octanol–water partition coefficient (Wildman–Crippen LogP) is 3.00. The van der Waals surface area contributed by atoms with Gasteiger partial charge in [-0.2, -0.15) is 5.10 Å². The molecule has 0 atom stereocenters. The number of aromatic nitrogens is 4. The number of nitrogens with zero attached hydrogens (tertiary/aromatic N) is 4. The van der Waals surface area contributed by atoms with Crippen LogP contribution in [0.25, 0.3) is 16.6 Å². The summed E-state index contributed by atoms with van der Waals surface area (Å²) in [6.07, 6.45) is 4.91. The number of hydrogen-bond acceptors (Lipinski definition) is 4. The summed E-state index contributed by atoms with van der Waals surface area (Å²) < 4.78 is 1.52. The first-order valence-electron chi connectivity index (χ1n) is 7.87. The monoisotopic (exact) mass is 329 g/mol. The van der Waals surface area contributed by atoms with Gasteiger partial charge in [-0.15, -0.1) is 0 Å². The molecule has 1 N–H and O–H groups in total. The predicted molar refractivity (Wildman–Crippen MR) is 95.4 cm³/mol. The summed E-state index contributed by atoms with van der Waals surface area (Å²) in [6.45, 7) is 0. The van der Waals surface area contributed by atoms with Crippen LogP contribution in [0.4, 0.5) is 5.69 Å². The number of hydrogen-bond donors (Lipinski definition) is 1. The Hall–Kier alpha value is -3.54. The molecule has 0 spiro atoms. The lowest BCUT2D eigenvalue weighted by Gasteiger charge is -2.10. The molecule has 0 aliphatic heterocycles. The minimum atomic E-state index is -0.107. The van der Waals surface area contributed by atoms with Gasteiger partial charge in [-0.25, -0.2) is 14.6 Å². The fourth-order valence-corrected chi connectivity index (χ4v) is 2.72. The maximum Gasteiger partial charge on any atom is 0.228 e. The van der Waals surface area contributed by atoms with E-state index in [0.29, 0.717) is 11.5 Å². The minimum Gasteiger partial charge on any atom is -0.323 e. The van der Waals surface area contributed by atoms with E-state index in [1.54, 1.807) is 24.7 Å². The Morgan fingerprint density at radius 2 is 1.92 bits per heavy atom. The Morgan fingerprint density at radius 1 is 1.04 bits per heavy atom. The third-order valence-corrected chi connectivity index (χ3v) is 3.88. The molecule has 25 heavy (non-hydrogen) atoms. The molecule has 4 aromatic rings. The van der Waals surface area contributed by atoms with Gasteiger partial charge in [0.2, 0.25) is 5.91 Å². The first kappa shape index (κ1) is 15.0. The fourth-order valence-electron chi connectivity index (χ4n) is 2.72. The molecule has 1 amide bonds. The number of anilines is 1. The third kappa shape index (κ3) is 3.23. The van der Waals surface area contributed by atoms with Crippen LogP contribution in [0.3, 0.4) is 0 Å².